The van der Waals surface area contributed by atoms with Gasteiger partial charge in [-0.05, 0) is 19.8 Å². The summed E-state index contributed by atoms with van der Waals surface area (Å²) in [6, 6.07) is -0.128. The van der Waals surface area contributed by atoms with Crippen LogP contribution in [0.3, 0.4) is 0 Å². The summed E-state index contributed by atoms with van der Waals surface area (Å²) in [5.74, 6) is -2.74. The van der Waals surface area contributed by atoms with Crippen molar-refractivity contribution in [3.63, 3.8) is 0 Å². The number of carboxylic acids is 1. The highest BCUT2D eigenvalue weighted by Gasteiger charge is 2.57. The van der Waals surface area contributed by atoms with Crippen LogP contribution in [-0.4, -0.2) is 41.3 Å². The van der Waals surface area contributed by atoms with Crippen LogP contribution < -0.4 is 10.6 Å². The van der Waals surface area contributed by atoms with E-state index in [1.165, 1.54) is 0 Å². The van der Waals surface area contributed by atoms with Crippen LogP contribution in [0.5, 0.6) is 0 Å². The molecule has 0 aromatic carbocycles. The average molecular weight is 284 g/mol. The van der Waals surface area contributed by atoms with Gasteiger partial charge in [-0.2, -0.15) is 13.2 Å². The van der Waals surface area contributed by atoms with E-state index in [0.29, 0.717) is 19.8 Å². The molecule has 0 aromatic rings. The van der Waals surface area contributed by atoms with Crippen LogP contribution in [0.2, 0.25) is 0 Å². The fraction of sp³-hybridized carbons (Fsp3) is 0.818. The molecule has 0 rings (SSSR count). The predicted octanol–water partition coefficient (Wildman–Crippen LogP) is 1.29. The molecule has 0 radical (unpaired) electrons. The first-order chi connectivity index (χ1) is 8.58. The van der Waals surface area contributed by atoms with Gasteiger partial charge in [0.2, 0.25) is 11.4 Å². The number of hydrogen-bond acceptors (Lipinski definition) is 3. The van der Waals surface area contributed by atoms with Gasteiger partial charge in [-0.25, -0.2) is 4.79 Å². The van der Waals surface area contributed by atoms with Crippen LogP contribution in [0.1, 0.15) is 33.6 Å². The Kier molecular flexibility index (Phi) is 6.28. The van der Waals surface area contributed by atoms with Crippen molar-refractivity contribution < 1.29 is 27.9 Å². The quantitative estimate of drug-likeness (QED) is 0.658. The summed E-state index contributed by atoms with van der Waals surface area (Å²) >= 11 is 0. The van der Waals surface area contributed by atoms with Crippen molar-refractivity contribution in [3.8, 4) is 0 Å². The summed E-state index contributed by atoms with van der Waals surface area (Å²) in [6.07, 6.45) is -3.69. The Balaban J connectivity index is 4.59. The third kappa shape index (κ3) is 4.70. The van der Waals surface area contributed by atoms with E-state index in [-0.39, 0.29) is 6.04 Å². The first-order valence-electron chi connectivity index (χ1n) is 5.93. The number of rotatable bonds is 7. The second-order valence-corrected chi connectivity index (χ2v) is 4.36. The smallest absolute Gasteiger partial charge is 0.417 e. The molecule has 0 saturated carbocycles. The number of carbonyl (C=O) groups is 2. The minimum atomic E-state index is -4.99. The summed E-state index contributed by atoms with van der Waals surface area (Å²) in [4.78, 5) is 22.1. The summed E-state index contributed by atoms with van der Waals surface area (Å²) in [5.41, 5.74) is -3.14. The lowest BCUT2D eigenvalue weighted by molar-refractivity contribution is -0.205. The van der Waals surface area contributed by atoms with Gasteiger partial charge in [-0.1, -0.05) is 13.8 Å². The Labute approximate surface area is 109 Å². The highest BCUT2D eigenvalue weighted by molar-refractivity contribution is 5.82. The maximum absolute atomic E-state index is 12.6. The van der Waals surface area contributed by atoms with Gasteiger partial charge in [-0.3, -0.25) is 10.1 Å². The molecule has 0 spiro atoms. The van der Waals surface area contributed by atoms with Crippen molar-refractivity contribution in [3.05, 3.63) is 0 Å². The molecule has 0 aliphatic rings. The number of nitrogens with one attached hydrogen (secondary N) is 2. The molecule has 1 amide bonds. The lowest BCUT2D eigenvalue weighted by Gasteiger charge is -2.28. The van der Waals surface area contributed by atoms with E-state index in [0.717, 1.165) is 0 Å². The predicted molar refractivity (Wildman–Crippen MR) is 62.6 cm³/mol. The molecule has 5 nitrogen and oxygen atoms in total. The van der Waals surface area contributed by atoms with Gasteiger partial charge >= 0.3 is 12.1 Å². The van der Waals surface area contributed by atoms with Crippen LogP contribution in [0.4, 0.5) is 13.2 Å². The zero-order chi connectivity index (χ0) is 15.3. The molecule has 8 heteroatoms. The second kappa shape index (κ2) is 6.74. The standard InChI is InChI=1S/C11H19F3N2O3/c1-4-7(5-2)16-8(17)6-15-10(3,9(18)19)11(12,13)14/h7,15H,4-6H2,1-3H3,(H,16,17)(H,18,19). The molecule has 0 heterocycles. The largest absolute Gasteiger partial charge is 0.480 e. The molecule has 19 heavy (non-hydrogen) atoms. The first kappa shape index (κ1) is 17.7. The van der Waals surface area contributed by atoms with Gasteiger partial charge in [-0.15, -0.1) is 0 Å². The van der Waals surface area contributed by atoms with Crippen molar-refractivity contribution in [2.75, 3.05) is 6.54 Å². The Morgan fingerprint density at radius 3 is 2.00 bits per heavy atom. The van der Waals surface area contributed by atoms with E-state index in [9.17, 15) is 22.8 Å². The third-order valence-corrected chi connectivity index (χ3v) is 2.95. The molecule has 0 aliphatic carbocycles. The van der Waals surface area contributed by atoms with E-state index in [4.69, 9.17) is 5.11 Å². The van der Waals surface area contributed by atoms with Gasteiger partial charge in [0, 0.05) is 6.04 Å². The summed E-state index contributed by atoms with van der Waals surface area (Å²) in [5, 5.41) is 12.9. The molecule has 112 valence electrons. The van der Waals surface area contributed by atoms with Crippen LogP contribution in [0.15, 0.2) is 0 Å². The number of aliphatic carboxylic acids is 1. The molecule has 0 aromatic heterocycles. The summed E-state index contributed by atoms with van der Waals surface area (Å²) in [6.45, 7) is 3.44. The number of hydrogen-bond donors (Lipinski definition) is 3. The topological polar surface area (TPSA) is 78.4 Å². The molecular formula is C11H19F3N2O3. The Morgan fingerprint density at radius 1 is 1.21 bits per heavy atom. The van der Waals surface area contributed by atoms with Crippen LogP contribution >= 0.6 is 0 Å². The van der Waals surface area contributed by atoms with Crippen molar-refractivity contribution in [2.24, 2.45) is 0 Å². The number of carboxylic acid groups (broad SMARTS) is 1. The molecule has 0 aliphatic heterocycles. The second-order valence-electron chi connectivity index (χ2n) is 4.36. The Hall–Kier alpha value is -1.31. The van der Waals surface area contributed by atoms with Crippen LogP contribution in [0, 0.1) is 0 Å². The maximum atomic E-state index is 12.6. The van der Waals surface area contributed by atoms with Gasteiger partial charge < -0.3 is 10.4 Å². The molecular weight excluding hydrogens is 265 g/mol. The molecule has 0 fully saturated rings. The average Bonchev–Trinajstić information content (AvgIpc) is 2.31. The van der Waals surface area contributed by atoms with Crippen molar-refractivity contribution >= 4 is 11.9 Å². The number of halogens is 3. The van der Waals surface area contributed by atoms with E-state index in [1.54, 1.807) is 5.32 Å². The van der Waals surface area contributed by atoms with Crippen molar-refractivity contribution in [1.29, 1.82) is 0 Å². The Morgan fingerprint density at radius 2 is 1.68 bits per heavy atom. The zero-order valence-electron chi connectivity index (χ0n) is 11.1. The van der Waals surface area contributed by atoms with Gasteiger partial charge in [0.25, 0.3) is 0 Å². The fourth-order valence-corrected chi connectivity index (χ4v) is 1.33. The third-order valence-electron chi connectivity index (χ3n) is 2.95. The van der Waals surface area contributed by atoms with E-state index in [1.807, 2.05) is 13.8 Å². The van der Waals surface area contributed by atoms with Gasteiger partial charge in [0.05, 0.1) is 6.54 Å². The molecule has 3 N–H and O–H groups in total. The number of amides is 1. The highest BCUT2D eigenvalue weighted by Crippen LogP contribution is 2.30. The van der Waals surface area contributed by atoms with Gasteiger partial charge in [0.15, 0.2) is 0 Å². The molecule has 1 atom stereocenters. The van der Waals surface area contributed by atoms with Crippen LogP contribution in [-0.2, 0) is 9.59 Å². The maximum Gasteiger partial charge on any atom is 0.417 e. The minimum absolute atomic E-state index is 0.128. The van der Waals surface area contributed by atoms with Crippen molar-refractivity contribution in [1.82, 2.24) is 10.6 Å². The van der Waals surface area contributed by atoms with Gasteiger partial charge in [0.1, 0.15) is 0 Å². The highest BCUT2D eigenvalue weighted by atomic mass is 19.4. The number of carbonyl (C=O) groups excluding carboxylic acids is 1. The lowest BCUT2D eigenvalue weighted by Crippen LogP contribution is -2.62. The normalized spacial score (nSPS) is 15.1. The fourth-order valence-electron chi connectivity index (χ4n) is 1.33. The number of alkyl halides is 3. The van der Waals surface area contributed by atoms with Crippen LogP contribution in [0.25, 0.3) is 0 Å². The monoisotopic (exact) mass is 284 g/mol. The van der Waals surface area contributed by atoms with E-state index < -0.39 is 30.1 Å². The molecule has 0 saturated heterocycles. The van der Waals surface area contributed by atoms with E-state index in [2.05, 4.69) is 5.32 Å². The lowest BCUT2D eigenvalue weighted by atomic mass is 10.0. The summed E-state index contributed by atoms with van der Waals surface area (Å²) in [7, 11) is 0. The first-order valence-corrected chi connectivity index (χ1v) is 5.93. The SMILES string of the molecule is CCC(CC)NC(=O)CNC(C)(C(=O)O)C(F)(F)F. The Bertz CT molecular complexity index is 330. The molecule has 1 unspecified atom stereocenters. The molecule has 0 bridgehead atoms. The zero-order valence-corrected chi connectivity index (χ0v) is 11.1. The van der Waals surface area contributed by atoms with Crippen molar-refractivity contribution in [2.45, 2.75) is 51.4 Å². The minimum Gasteiger partial charge on any atom is -0.480 e. The summed E-state index contributed by atoms with van der Waals surface area (Å²) < 4.78 is 37.9. The van der Waals surface area contributed by atoms with E-state index >= 15 is 0 Å².